The van der Waals surface area contributed by atoms with E-state index in [2.05, 4.69) is 10.5 Å². The molecule has 0 unspecified atom stereocenters. The molecule has 0 radical (unpaired) electrons. The zero-order valence-electron chi connectivity index (χ0n) is 14.6. The van der Waals surface area contributed by atoms with Crippen molar-refractivity contribution in [1.82, 2.24) is 5.43 Å². The van der Waals surface area contributed by atoms with Gasteiger partial charge in [-0.3, -0.25) is 4.79 Å². The molecule has 0 bridgehead atoms. The first-order valence-electron chi connectivity index (χ1n) is 8.39. The lowest BCUT2D eigenvalue weighted by Crippen LogP contribution is -2.24. The zero-order chi connectivity index (χ0) is 18.2. The fourth-order valence-corrected chi connectivity index (χ4v) is 2.53. The maximum absolute atomic E-state index is 12.0. The van der Waals surface area contributed by atoms with Gasteiger partial charge in [0, 0.05) is 5.56 Å². The monoisotopic (exact) mass is 344 g/mol. The molecule has 3 rings (SSSR count). The van der Waals surface area contributed by atoms with Crippen molar-refractivity contribution < 1.29 is 9.53 Å². The molecule has 0 aliphatic rings. The third kappa shape index (κ3) is 4.57. The van der Waals surface area contributed by atoms with Crippen LogP contribution >= 0.6 is 0 Å². The molecule has 0 aromatic heterocycles. The number of carbonyl (C=O) groups excluding carboxylic acids is 1. The van der Waals surface area contributed by atoms with E-state index in [1.165, 1.54) is 0 Å². The SMILES string of the molecule is Cc1ccccc1C=NNC(=O)COc1ccccc1-c1ccccc1. The maximum atomic E-state index is 12.0. The van der Waals surface area contributed by atoms with Crippen LogP contribution in [0.2, 0.25) is 0 Å². The molecular weight excluding hydrogens is 324 g/mol. The Morgan fingerprint density at radius 3 is 2.46 bits per heavy atom. The molecule has 0 saturated carbocycles. The summed E-state index contributed by atoms with van der Waals surface area (Å²) in [5.74, 6) is 0.356. The minimum Gasteiger partial charge on any atom is -0.483 e. The fraction of sp³-hybridized carbons (Fsp3) is 0.0909. The number of benzene rings is 3. The van der Waals surface area contributed by atoms with Gasteiger partial charge in [0.25, 0.3) is 5.91 Å². The van der Waals surface area contributed by atoms with Gasteiger partial charge in [0.1, 0.15) is 5.75 Å². The van der Waals surface area contributed by atoms with Crippen molar-refractivity contribution in [3.63, 3.8) is 0 Å². The van der Waals surface area contributed by atoms with Crippen molar-refractivity contribution in [3.8, 4) is 16.9 Å². The lowest BCUT2D eigenvalue weighted by Gasteiger charge is -2.10. The largest absolute Gasteiger partial charge is 0.483 e. The van der Waals surface area contributed by atoms with Crippen LogP contribution in [0.25, 0.3) is 11.1 Å². The minimum absolute atomic E-state index is 0.102. The molecule has 4 nitrogen and oxygen atoms in total. The average molecular weight is 344 g/mol. The Balaban J connectivity index is 1.60. The van der Waals surface area contributed by atoms with Crippen molar-refractivity contribution in [3.05, 3.63) is 90.0 Å². The molecule has 0 heterocycles. The van der Waals surface area contributed by atoms with Crippen LogP contribution in [-0.2, 0) is 4.79 Å². The van der Waals surface area contributed by atoms with Crippen molar-refractivity contribution >= 4 is 12.1 Å². The number of nitrogens with one attached hydrogen (secondary N) is 1. The molecule has 0 spiro atoms. The van der Waals surface area contributed by atoms with E-state index >= 15 is 0 Å². The van der Waals surface area contributed by atoms with Gasteiger partial charge in [-0.1, -0.05) is 72.8 Å². The highest BCUT2D eigenvalue weighted by Gasteiger charge is 2.07. The standard InChI is InChI=1S/C22H20N2O2/c1-17-9-5-6-12-19(17)15-23-24-22(25)16-26-21-14-8-7-13-20(21)18-10-3-2-4-11-18/h2-15H,16H2,1H3,(H,24,25). The quantitative estimate of drug-likeness (QED) is 0.538. The van der Waals surface area contributed by atoms with Gasteiger partial charge in [0.15, 0.2) is 6.61 Å². The molecule has 3 aromatic carbocycles. The Labute approximate surface area is 153 Å². The van der Waals surface area contributed by atoms with Gasteiger partial charge in [-0.25, -0.2) is 5.43 Å². The van der Waals surface area contributed by atoms with Crippen molar-refractivity contribution in [2.24, 2.45) is 5.10 Å². The predicted octanol–water partition coefficient (Wildman–Crippen LogP) is 4.19. The summed E-state index contributed by atoms with van der Waals surface area (Å²) >= 11 is 0. The van der Waals surface area contributed by atoms with Crippen LogP contribution in [0.15, 0.2) is 84.0 Å². The predicted molar refractivity (Wildman–Crippen MR) is 104 cm³/mol. The Morgan fingerprint density at radius 1 is 0.962 bits per heavy atom. The number of para-hydroxylation sites is 1. The number of nitrogens with zero attached hydrogens (tertiary/aromatic N) is 1. The topological polar surface area (TPSA) is 50.7 Å². The smallest absolute Gasteiger partial charge is 0.277 e. The van der Waals surface area contributed by atoms with Crippen LogP contribution in [0.3, 0.4) is 0 Å². The molecule has 26 heavy (non-hydrogen) atoms. The third-order valence-electron chi connectivity index (χ3n) is 3.91. The fourth-order valence-electron chi connectivity index (χ4n) is 2.53. The van der Waals surface area contributed by atoms with E-state index < -0.39 is 0 Å². The second-order valence-electron chi connectivity index (χ2n) is 5.80. The first kappa shape index (κ1) is 17.4. The van der Waals surface area contributed by atoms with E-state index in [0.717, 1.165) is 22.3 Å². The van der Waals surface area contributed by atoms with Gasteiger partial charge in [-0.2, -0.15) is 5.10 Å². The summed E-state index contributed by atoms with van der Waals surface area (Å²) in [5.41, 5.74) is 6.54. The van der Waals surface area contributed by atoms with Gasteiger partial charge in [0.05, 0.1) is 6.21 Å². The number of hydrogen-bond acceptors (Lipinski definition) is 3. The minimum atomic E-state index is -0.308. The molecule has 1 amide bonds. The second kappa shape index (κ2) is 8.62. The normalized spacial score (nSPS) is 10.7. The summed E-state index contributed by atoms with van der Waals surface area (Å²) in [7, 11) is 0. The number of rotatable bonds is 6. The van der Waals surface area contributed by atoms with Crippen molar-refractivity contribution in [2.75, 3.05) is 6.61 Å². The first-order valence-corrected chi connectivity index (χ1v) is 8.39. The lowest BCUT2D eigenvalue weighted by atomic mass is 10.1. The number of amides is 1. The molecule has 130 valence electrons. The van der Waals surface area contributed by atoms with Crippen LogP contribution in [0, 0.1) is 6.92 Å². The van der Waals surface area contributed by atoms with Crippen molar-refractivity contribution in [1.29, 1.82) is 0 Å². The number of carbonyl (C=O) groups is 1. The van der Waals surface area contributed by atoms with Gasteiger partial charge in [-0.05, 0) is 29.7 Å². The molecule has 3 aromatic rings. The van der Waals surface area contributed by atoms with Gasteiger partial charge in [0.2, 0.25) is 0 Å². The maximum Gasteiger partial charge on any atom is 0.277 e. The van der Waals surface area contributed by atoms with E-state index in [4.69, 9.17) is 4.74 Å². The summed E-state index contributed by atoms with van der Waals surface area (Å²) in [6.07, 6.45) is 1.63. The van der Waals surface area contributed by atoms with Crippen LogP contribution in [-0.4, -0.2) is 18.7 Å². The summed E-state index contributed by atoms with van der Waals surface area (Å²) < 4.78 is 5.69. The molecule has 0 saturated heterocycles. The number of hydrazone groups is 1. The molecule has 1 N–H and O–H groups in total. The van der Waals surface area contributed by atoms with Crippen LogP contribution in [0.1, 0.15) is 11.1 Å². The molecule has 0 aliphatic carbocycles. The molecular formula is C22H20N2O2. The zero-order valence-corrected chi connectivity index (χ0v) is 14.6. The summed E-state index contributed by atoms with van der Waals surface area (Å²) in [6.45, 7) is 1.89. The number of ether oxygens (including phenoxy) is 1. The van der Waals surface area contributed by atoms with Crippen molar-refractivity contribution in [2.45, 2.75) is 6.92 Å². The van der Waals surface area contributed by atoms with Crippen LogP contribution < -0.4 is 10.2 Å². The highest BCUT2D eigenvalue weighted by molar-refractivity contribution is 5.84. The highest BCUT2D eigenvalue weighted by Crippen LogP contribution is 2.29. The van der Waals surface area contributed by atoms with Crippen LogP contribution in [0.4, 0.5) is 0 Å². The van der Waals surface area contributed by atoms with Gasteiger partial charge < -0.3 is 4.74 Å². The molecule has 0 fully saturated rings. The highest BCUT2D eigenvalue weighted by atomic mass is 16.5. The average Bonchev–Trinajstić information content (AvgIpc) is 2.69. The third-order valence-corrected chi connectivity index (χ3v) is 3.91. The van der Waals surface area contributed by atoms with Gasteiger partial charge in [-0.15, -0.1) is 0 Å². The Kier molecular flexibility index (Phi) is 5.78. The molecule has 0 aliphatic heterocycles. The van der Waals surface area contributed by atoms with E-state index in [9.17, 15) is 4.79 Å². The lowest BCUT2D eigenvalue weighted by molar-refractivity contribution is -0.123. The Hall–Kier alpha value is -3.40. The molecule has 4 heteroatoms. The summed E-state index contributed by atoms with van der Waals surface area (Å²) in [6, 6.07) is 25.4. The van der Waals surface area contributed by atoms with E-state index in [1.807, 2.05) is 85.8 Å². The van der Waals surface area contributed by atoms with E-state index in [0.29, 0.717) is 5.75 Å². The Morgan fingerprint density at radius 2 is 1.65 bits per heavy atom. The van der Waals surface area contributed by atoms with Gasteiger partial charge >= 0.3 is 0 Å². The summed E-state index contributed by atoms with van der Waals surface area (Å²) in [5, 5.41) is 3.99. The van der Waals surface area contributed by atoms with E-state index in [1.54, 1.807) is 6.21 Å². The second-order valence-corrected chi connectivity index (χ2v) is 5.80. The first-order chi connectivity index (χ1) is 12.7. The Bertz CT molecular complexity index is 905. The number of hydrogen-bond donors (Lipinski definition) is 1. The number of aryl methyl sites for hydroxylation is 1. The summed E-state index contributed by atoms with van der Waals surface area (Å²) in [4.78, 5) is 12.0. The molecule has 0 atom stereocenters. The van der Waals surface area contributed by atoms with E-state index in [-0.39, 0.29) is 12.5 Å². The van der Waals surface area contributed by atoms with Crippen LogP contribution in [0.5, 0.6) is 5.75 Å².